The monoisotopic (exact) mass is 572 g/mol. The fourth-order valence-electron chi connectivity index (χ4n) is 6.14. The second-order valence-electron chi connectivity index (χ2n) is 10.8. The van der Waals surface area contributed by atoms with E-state index in [1.165, 1.54) is 15.8 Å². The maximum absolute atomic E-state index is 13.6. The second-order valence-corrected chi connectivity index (χ2v) is 12.4. The molecule has 6 nitrogen and oxygen atoms in total. The highest BCUT2D eigenvalue weighted by Gasteiger charge is 2.47. The number of carbonyl (C=O) groups excluding carboxylic acids is 1. The van der Waals surface area contributed by atoms with Crippen molar-refractivity contribution in [2.75, 3.05) is 38.2 Å². The van der Waals surface area contributed by atoms with Crippen molar-refractivity contribution in [2.24, 2.45) is 0 Å². The summed E-state index contributed by atoms with van der Waals surface area (Å²) in [6.45, 7) is 5.68. The van der Waals surface area contributed by atoms with E-state index < -0.39 is 0 Å². The minimum absolute atomic E-state index is 0.0683. The molecule has 0 radical (unpaired) electrons. The van der Waals surface area contributed by atoms with Gasteiger partial charge in [0, 0.05) is 42.4 Å². The molecule has 1 amide bonds. The smallest absolute Gasteiger partial charge is 0.227 e. The fourth-order valence-corrected chi connectivity index (χ4v) is 7.17. The molecule has 1 spiro atoms. The summed E-state index contributed by atoms with van der Waals surface area (Å²) in [6.07, 6.45) is 9.21. The van der Waals surface area contributed by atoms with Crippen LogP contribution < -0.4 is 9.64 Å². The quantitative estimate of drug-likeness (QED) is 0.231. The number of hydrogen-bond donors (Lipinski definition) is 0. The Morgan fingerprint density at radius 1 is 1.15 bits per heavy atom. The molecule has 8 heteroatoms. The number of aromatic nitrogens is 2. The highest BCUT2D eigenvalue weighted by Crippen LogP contribution is 2.50. The van der Waals surface area contributed by atoms with E-state index in [1.807, 2.05) is 29.2 Å². The first kappa shape index (κ1) is 26.9. The number of likely N-dealkylation sites (tertiary alicyclic amines) is 1. The molecule has 4 heterocycles. The molecule has 4 aromatic rings. The van der Waals surface area contributed by atoms with Crippen LogP contribution in [0.2, 0.25) is 5.15 Å². The first-order valence-corrected chi connectivity index (χ1v) is 15.0. The Morgan fingerprint density at radius 2 is 1.95 bits per heavy atom. The summed E-state index contributed by atoms with van der Waals surface area (Å²) in [4.78, 5) is 27.2. The Kier molecular flexibility index (Phi) is 7.62. The lowest BCUT2D eigenvalue weighted by Crippen LogP contribution is -2.46. The van der Waals surface area contributed by atoms with Gasteiger partial charge >= 0.3 is 0 Å². The molecule has 0 unspecified atom stereocenters. The van der Waals surface area contributed by atoms with Crippen LogP contribution in [-0.4, -0.2) is 54.1 Å². The molecule has 0 N–H and O–H groups in total. The Hall–Kier alpha value is -3.26. The Balaban J connectivity index is 1.19. The van der Waals surface area contributed by atoms with E-state index >= 15 is 0 Å². The van der Waals surface area contributed by atoms with Crippen molar-refractivity contribution >= 4 is 50.8 Å². The van der Waals surface area contributed by atoms with E-state index in [0.29, 0.717) is 18.0 Å². The fraction of sp³-hybridized carbons (Fsp3) is 0.344. The molecule has 2 aliphatic rings. The van der Waals surface area contributed by atoms with Crippen LogP contribution in [0, 0.1) is 6.92 Å². The number of carbonyl (C=O) groups is 1. The zero-order chi connectivity index (χ0) is 27.7. The van der Waals surface area contributed by atoms with Gasteiger partial charge in [0.1, 0.15) is 10.9 Å². The number of anilines is 1. The molecule has 0 aliphatic carbocycles. The van der Waals surface area contributed by atoms with Crippen molar-refractivity contribution in [1.29, 1.82) is 0 Å². The third kappa shape index (κ3) is 5.38. The van der Waals surface area contributed by atoms with E-state index in [0.717, 1.165) is 66.5 Å². The van der Waals surface area contributed by atoms with Gasteiger partial charge in [0.05, 0.1) is 22.3 Å². The van der Waals surface area contributed by atoms with Gasteiger partial charge in [0.25, 0.3) is 0 Å². The van der Waals surface area contributed by atoms with Crippen molar-refractivity contribution < 1.29 is 9.53 Å². The molecule has 2 aromatic heterocycles. The number of rotatable bonds is 7. The van der Waals surface area contributed by atoms with Crippen LogP contribution in [0.25, 0.3) is 16.3 Å². The highest BCUT2D eigenvalue weighted by atomic mass is 35.5. The lowest BCUT2D eigenvalue weighted by Gasteiger charge is -2.39. The number of methoxy groups -OCH3 is 1. The SMILES string of the molecule is COc1ccc(/C=C/CN2CCC3(CC2)CN(C(=O)CCc2ccnc(Cl)c2)c2ccc4sc(C)nc4c23)cc1. The number of pyridine rings is 1. The molecule has 0 atom stereocenters. The van der Waals surface area contributed by atoms with Crippen LogP contribution in [0.3, 0.4) is 0 Å². The number of thiazole rings is 1. The van der Waals surface area contributed by atoms with Gasteiger partial charge in [0.15, 0.2) is 0 Å². The third-order valence-corrected chi connectivity index (χ3v) is 9.39. The molecule has 0 saturated carbocycles. The van der Waals surface area contributed by atoms with Crippen LogP contribution in [-0.2, 0) is 16.6 Å². The van der Waals surface area contributed by atoms with E-state index in [-0.39, 0.29) is 11.3 Å². The third-order valence-electron chi connectivity index (χ3n) is 8.25. The number of hydrogen-bond acceptors (Lipinski definition) is 6. The first-order chi connectivity index (χ1) is 19.4. The summed E-state index contributed by atoms with van der Waals surface area (Å²) in [5.41, 5.74) is 5.55. The summed E-state index contributed by atoms with van der Waals surface area (Å²) in [5.74, 6) is 1.02. The zero-order valence-electron chi connectivity index (χ0n) is 22.9. The van der Waals surface area contributed by atoms with Gasteiger partial charge in [-0.2, -0.15) is 0 Å². The number of ether oxygens (including phenoxy) is 1. The summed E-state index contributed by atoms with van der Waals surface area (Å²) < 4.78 is 6.47. The predicted molar refractivity (Wildman–Crippen MR) is 164 cm³/mol. The van der Waals surface area contributed by atoms with Gasteiger partial charge in [-0.05, 0) is 86.8 Å². The van der Waals surface area contributed by atoms with Gasteiger partial charge < -0.3 is 9.64 Å². The molecular weight excluding hydrogens is 540 g/mol. The molecule has 206 valence electrons. The summed E-state index contributed by atoms with van der Waals surface area (Å²) in [7, 11) is 1.69. The minimum Gasteiger partial charge on any atom is -0.497 e. The normalized spacial score (nSPS) is 16.7. The molecule has 1 saturated heterocycles. The zero-order valence-corrected chi connectivity index (χ0v) is 24.5. The number of nitrogens with zero attached hydrogens (tertiary/aromatic N) is 4. The molecule has 1 fully saturated rings. The molecule has 6 rings (SSSR count). The number of piperidine rings is 1. The largest absolute Gasteiger partial charge is 0.497 e. The molecule has 2 aromatic carbocycles. The lowest BCUT2D eigenvalue weighted by atomic mass is 9.74. The maximum atomic E-state index is 13.6. The Labute approximate surface area is 244 Å². The number of aryl methyl sites for hydroxylation is 2. The van der Waals surface area contributed by atoms with Crippen molar-refractivity contribution in [2.45, 2.75) is 38.0 Å². The predicted octanol–water partition coefficient (Wildman–Crippen LogP) is 6.69. The van der Waals surface area contributed by atoms with Crippen molar-refractivity contribution in [3.8, 4) is 5.75 Å². The number of benzene rings is 2. The minimum atomic E-state index is -0.0683. The average Bonchev–Trinajstić information content (AvgIpc) is 3.50. The van der Waals surface area contributed by atoms with Crippen LogP contribution >= 0.6 is 22.9 Å². The van der Waals surface area contributed by atoms with Crippen LogP contribution in [0.4, 0.5) is 5.69 Å². The number of amides is 1. The van der Waals surface area contributed by atoms with Gasteiger partial charge in [0.2, 0.25) is 5.91 Å². The van der Waals surface area contributed by atoms with E-state index in [2.05, 4.69) is 53.2 Å². The molecule has 40 heavy (non-hydrogen) atoms. The van der Waals surface area contributed by atoms with Gasteiger partial charge in [-0.1, -0.05) is 35.9 Å². The number of halogens is 1. The van der Waals surface area contributed by atoms with Crippen LogP contribution in [0.5, 0.6) is 5.75 Å². The topological polar surface area (TPSA) is 58.6 Å². The van der Waals surface area contributed by atoms with Crippen LogP contribution in [0.15, 0.2) is 60.8 Å². The first-order valence-electron chi connectivity index (χ1n) is 13.8. The van der Waals surface area contributed by atoms with E-state index in [9.17, 15) is 4.79 Å². The van der Waals surface area contributed by atoms with Gasteiger partial charge in [-0.25, -0.2) is 9.97 Å². The van der Waals surface area contributed by atoms with Crippen molar-refractivity contribution in [3.63, 3.8) is 0 Å². The Morgan fingerprint density at radius 3 is 2.70 bits per heavy atom. The molecular formula is C32H33ClN4O2S. The molecule has 0 bridgehead atoms. The highest BCUT2D eigenvalue weighted by molar-refractivity contribution is 7.18. The molecule has 2 aliphatic heterocycles. The Bertz CT molecular complexity index is 1560. The summed E-state index contributed by atoms with van der Waals surface area (Å²) >= 11 is 7.81. The summed E-state index contributed by atoms with van der Waals surface area (Å²) in [5, 5.41) is 1.53. The number of fused-ring (bicyclic) bond motifs is 4. The van der Waals surface area contributed by atoms with E-state index in [4.69, 9.17) is 21.3 Å². The van der Waals surface area contributed by atoms with Gasteiger partial charge in [-0.15, -0.1) is 11.3 Å². The van der Waals surface area contributed by atoms with Gasteiger partial charge in [-0.3, -0.25) is 9.69 Å². The van der Waals surface area contributed by atoms with E-state index in [1.54, 1.807) is 24.6 Å². The summed E-state index contributed by atoms with van der Waals surface area (Å²) in [6, 6.07) is 16.2. The maximum Gasteiger partial charge on any atom is 0.227 e. The lowest BCUT2D eigenvalue weighted by molar-refractivity contribution is -0.118. The second kappa shape index (κ2) is 11.3. The average molecular weight is 573 g/mol. The van der Waals surface area contributed by atoms with Crippen LogP contribution in [0.1, 0.15) is 41.0 Å². The standard InChI is InChI=1S/C32H33ClN4O2S/c1-22-35-31-27(40-22)11-10-26-30(31)32(21-37(26)29(38)12-7-24-13-16-34-28(33)20-24)14-18-36(19-15-32)17-3-4-23-5-8-25(39-2)9-6-23/h3-6,8-11,13,16,20H,7,12,14-15,17-19,21H2,1-2H3/b4-3+. The van der Waals surface area contributed by atoms with Crippen molar-refractivity contribution in [1.82, 2.24) is 14.9 Å². The van der Waals surface area contributed by atoms with Crippen molar-refractivity contribution in [3.05, 3.63) is 87.7 Å².